The molecule has 0 spiro atoms. The molecule has 0 N–H and O–H groups in total. The van der Waals surface area contributed by atoms with E-state index in [-0.39, 0.29) is 49.2 Å². The molecule has 0 aromatic heterocycles. The lowest BCUT2D eigenvalue weighted by Crippen LogP contribution is -2.67. The Morgan fingerprint density at radius 2 is 1.68 bits per heavy atom. The van der Waals surface area contributed by atoms with E-state index in [1.165, 1.54) is 6.08 Å². The molecular weight excluding hydrogens is 540 g/mol. The SMILES string of the molecule is CC1(C)OC[C@H]2O[C@H]3C[C@H]4O[C@@H](C/C=C/C(=O)OCc5ccccc5)[C@](C)(O[Si](C)(C)C)C[C@]4(C)O[C@@H]3CC[C@@H]2O1. The summed E-state index contributed by atoms with van der Waals surface area (Å²) in [5.41, 5.74) is -0.126. The van der Waals surface area contributed by atoms with Gasteiger partial charge in [-0.1, -0.05) is 36.4 Å². The first kappa shape index (κ1) is 30.9. The van der Waals surface area contributed by atoms with Gasteiger partial charge in [-0.25, -0.2) is 4.79 Å². The molecule has 4 fully saturated rings. The first-order chi connectivity index (χ1) is 19.2. The van der Waals surface area contributed by atoms with Crippen LogP contribution in [0.25, 0.3) is 0 Å². The Hall–Kier alpha value is -1.59. The highest BCUT2D eigenvalue weighted by molar-refractivity contribution is 6.69. The maximum Gasteiger partial charge on any atom is 0.330 e. The van der Waals surface area contributed by atoms with Gasteiger partial charge in [0.1, 0.15) is 12.7 Å². The van der Waals surface area contributed by atoms with Crippen LogP contribution in [-0.2, 0) is 44.2 Å². The van der Waals surface area contributed by atoms with Crippen LogP contribution < -0.4 is 0 Å². The Bertz CT molecular complexity index is 1090. The van der Waals surface area contributed by atoms with Crippen molar-refractivity contribution in [3.63, 3.8) is 0 Å². The number of rotatable bonds is 7. The van der Waals surface area contributed by atoms with Gasteiger partial charge < -0.3 is 32.8 Å². The van der Waals surface area contributed by atoms with Gasteiger partial charge in [-0.15, -0.1) is 0 Å². The summed E-state index contributed by atoms with van der Waals surface area (Å²) in [7, 11) is -1.94. The molecule has 1 aromatic rings. The second-order valence-corrected chi connectivity index (χ2v) is 18.3. The van der Waals surface area contributed by atoms with E-state index in [2.05, 4.69) is 33.5 Å². The highest BCUT2D eigenvalue weighted by atomic mass is 28.4. The average molecular weight is 589 g/mol. The van der Waals surface area contributed by atoms with Crippen LogP contribution >= 0.6 is 0 Å². The standard InChI is InChI=1S/C32H48O8Si/c1-30(2)35-20-26-24(38-30)17-16-23-25(36-26)18-28-31(3,39-23)21-32(4,40-41(5,6)7)27(37-28)14-11-15-29(33)34-19-22-12-9-8-10-13-22/h8-13,15,23-28H,14,16-21H2,1-7H3/b15-11+/t23-,24+,25+,26-,27+,28-,31+,32-/m1/s1. The van der Waals surface area contributed by atoms with Gasteiger partial charge in [-0.05, 0) is 72.2 Å². The van der Waals surface area contributed by atoms with Gasteiger partial charge >= 0.3 is 5.97 Å². The number of benzene rings is 1. The first-order valence-electron chi connectivity index (χ1n) is 15.1. The highest BCUT2D eigenvalue weighted by Gasteiger charge is 2.59. The lowest BCUT2D eigenvalue weighted by Gasteiger charge is -2.58. The largest absolute Gasteiger partial charge is 0.458 e. The van der Waals surface area contributed by atoms with Crippen molar-refractivity contribution in [3.8, 4) is 0 Å². The zero-order chi connectivity index (χ0) is 29.5. The number of fused-ring (bicyclic) bond motifs is 3. The highest BCUT2D eigenvalue weighted by Crippen LogP contribution is 2.49. The predicted molar refractivity (Wildman–Crippen MR) is 157 cm³/mol. The Labute approximate surface area is 246 Å². The molecule has 228 valence electrons. The van der Waals surface area contributed by atoms with E-state index in [4.69, 9.17) is 32.8 Å². The number of carbonyl (C=O) groups is 1. The Kier molecular flexibility index (Phi) is 8.90. The number of ether oxygens (including phenoxy) is 6. The van der Waals surface area contributed by atoms with Crippen molar-refractivity contribution in [2.75, 3.05) is 6.61 Å². The van der Waals surface area contributed by atoms with Gasteiger partial charge in [0.05, 0.1) is 48.3 Å². The van der Waals surface area contributed by atoms with E-state index >= 15 is 0 Å². The van der Waals surface area contributed by atoms with E-state index in [9.17, 15) is 4.79 Å². The fourth-order valence-corrected chi connectivity index (χ4v) is 8.57. The minimum atomic E-state index is -1.94. The quantitative estimate of drug-likeness (QED) is 0.228. The minimum absolute atomic E-state index is 0.0104. The average Bonchev–Trinajstić information content (AvgIpc) is 3.03. The lowest BCUT2D eigenvalue weighted by atomic mass is 9.74. The summed E-state index contributed by atoms with van der Waals surface area (Å²) in [4.78, 5) is 12.4. The van der Waals surface area contributed by atoms with Crippen molar-refractivity contribution < 1.29 is 37.6 Å². The molecule has 0 aliphatic carbocycles. The fourth-order valence-electron chi connectivity index (χ4n) is 6.97. The number of hydrogen-bond acceptors (Lipinski definition) is 8. The molecule has 4 aliphatic rings. The van der Waals surface area contributed by atoms with Gasteiger partial charge in [0.2, 0.25) is 0 Å². The van der Waals surface area contributed by atoms with Crippen molar-refractivity contribution in [1.29, 1.82) is 0 Å². The Balaban J connectivity index is 1.27. The molecule has 1 aromatic carbocycles. The van der Waals surface area contributed by atoms with Crippen LogP contribution in [0, 0.1) is 0 Å². The van der Waals surface area contributed by atoms with E-state index in [1.54, 1.807) is 0 Å². The molecular formula is C32H48O8Si. The summed E-state index contributed by atoms with van der Waals surface area (Å²) in [5, 5.41) is 0. The van der Waals surface area contributed by atoms with E-state index in [1.807, 2.05) is 50.3 Å². The molecule has 9 heteroatoms. The maximum atomic E-state index is 12.4. The van der Waals surface area contributed by atoms with Crippen molar-refractivity contribution >= 4 is 14.3 Å². The van der Waals surface area contributed by atoms with Gasteiger partial charge in [0, 0.05) is 18.9 Å². The first-order valence-corrected chi connectivity index (χ1v) is 18.5. The second kappa shape index (κ2) is 11.8. The maximum absolute atomic E-state index is 12.4. The molecule has 0 bridgehead atoms. The monoisotopic (exact) mass is 588 g/mol. The molecule has 41 heavy (non-hydrogen) atoms. The number of esters is 1. The van der Waals surface area contributed by atoms with Crippen LogP contribution in [-0.4, -0.2) is 74.5 Å². The van der Waals surface area contributed by atoms with Crippen molar-refractivity contribution in [1.82, 2.24) is 0 Å². The van der Waals surface area contributed by atoms with Crippen molar-refractivity contribution in [2.24, 2.45) is 0 Å². The predicted octanol–water partition coefficient (Wildman–Crippen LogP) is 5.69. The van der Waals surface area contributed by atoms with E-state index in [0.717, 1.165) is 24.8 Å². The van der Waals surface area contributed by atoms with Gasteiger partial charge in [0.25, 0.3) is 0 Å². The molecule has 0 unspecified atom stereocenters. The summed E-state index contributed by atoms with van der Waals surface area (Å²) in [6, 6.07) is 9.68. The summed E-state index contributed by atoms with van der Waals surface area (Å²) in [5.74, 6) is -0.970. The van der Waals surface area contributed by atoms with Gasteiger partial charge in [-0.3, -0.25) is 0 Å². The van der Waals surface area contributed by atoms with Crippen LogP contribution in [0.15, 0.2) is 42.5 Å². The Morgan fingerprint density at radius 3 is 2.39 bits per heavy atom. The van der Waals surface area contributed by atoms with Crippen LogP contribution in [0.3, 0.4) is 0 Å². The smallest absolute Gasteiger partial charge is 0.330 e. The number of carbonyl (C=O) groups excluding carboxylic acids is 1. The third-order valence-electron chi connectivity index (χ3n) is 8.57. The summed E-state index contributed by atoms with van der Waals surface area (Å²) < 4.78 is 44.7. The van der Waals surface area contributed by atoms with Gasteiger partial charge in [0.15, 0.2) is 14.1 Å². The zero-order valence-corrected chi connectivity index (χ0v) is 26.7. The van der Waals surface area contributed by atoms with E-state index in [0.29, 0.717) is 19.4 Å². The van der Waals surface area contributed by atoms with Crippen molar-refractivity contribution in [2.45, 2.75) is 140 Å². The molecule has 4 saturated heterocycles. The van der Waals surface area contributed by atoms with Crippen LogP contribution in [0.5, 0.6) is 0 Å². The molecule has 5 rings (SSSR count). The molecule has 0 radical (unpaired) electrons. The molecule has 8 nitrogen and oxygen atoms in total. The number of hydrogen-bond donors (Lipinski definition) is 0. The minimum Gasteiger partial charge on any atom is -0.458 e. The third-order valence-corrected chi connectivity index (χ3v) is 9.65. The molecule has 0 saturated carbocycles. The molecule has 4 aliphatic heterocycles. The van der Waals surface area contributed by atoms with Crippen LogP contribution in [0.4, 0.5) is 0 Å². The molecule has 4 heterocycles. The summed E-state index contributed by atoms with van der Waals surface area (Å²) >= 11 is 0. The van der Waals surface area contributed by atoms with Gasteiger partial charge in [-0.2, -0.15) is 0 Å². The molecule has 0 amide bonds. The third kappa shape index (κ3) is 7.50. The summed E-state index contributed by atoms with van der Waals surface area (Å²) in [6.45, 7) is 15.6. The summed E-state index contributed by atoms with van der Waals surface area (Å²) in [6.07, 6.45) is 6.40. The topological polar surface area (TPSA) is 81.7 Å². The fraction of sp³-hybridized carbons (Fsp3) is 0.719. The van der Waals surface area contributed by atoms with E-state index < -0.39 is 25.3 Å². The normalized spacial score (nSPS) is 38.8. The zero-order valence-electron chi connectivity index (χ0n) is 25.7. The van der Waals surface area contributed by atoms with Crippen molar-refractivity contribution in [3.05, 3.63) is 48.0 Å². The van der Waals surface area contributed by atoms with Crippen LogP contribution in [0.1, 0.15) is 65.4 Å². The second-order valence-electron chi connectivity index (χ2n) is 13.9. The molecule has 8 atom stereocenters. The lowest BCUT2D eigenvalue weighted by molar-refractivity contribution is -0.329. The van der Waals surface area contributed by atoms with Crippen LogP contribution in [0.2, 0.25) is 19.6 Å². The Morgan fingerprint density at radius 1 is 0.976 bits per heavy atom.